The largest absolute Gasteiger partial charge is 0.396 e. The Morgan fingerprint density at radius 1 is 1.21 bits per heavy atom. The number of carbonyl (C=O) groups is 1. The molecule has 0 atom stereocenters. The van der Waals surface area contributed by atoms with E-state index in [9.17, 15) is 4.79 Å². The number of hydrogen-bond acceptors (Lipinski definition) is 3. The maximum atomic E-state index is 12.2. The first-order valence-corrected chi connectivity index (χ1v) is 6.94. The van der Waals surface area contributed by atoms with Crippen LogP contribution >= 0.6 is 0 Å². The van der Waals surface area contributed by atoms with E-state index in [1.54, 1.807) is 0 Å². The third kappa shape index (κ3) is 3.55. The van der Waals surface area contributed by atoms with Crippen LogP contribution in [0.1, 0.15) is 37.7 Å². The summed E-state index contributed by atoms with van der Waals surface area (Å²) in [7, 11) is 0. The van der Waals surface area contributed by atoms with E-state index in [2.05, 4.69) is 5.32 Å². The highest BCUT2D eigenvalue weighted by Crippen LogP contribution is 2.27. The first-order valence-electron chi connectivity index (χ1n) is 6.94. The molecule has 0 saturated heterocycles. The van der Waals surface area contributed by atoms with Gasteiger partial charge in [-0.25, -0.2) is 0 Å². The number of carbonyl (C=O) groups excluding carboxylic acids is 1. The quantitative estimate of drug-likeness (QED) is 0.774. The number of nitrogens with two attached hydrogens (primary N) is 1. The van der Waals surface area contributed by atoms with E-state index in [1.807, 2.05) is 24.3 Å². The average molecular weight is 262 g/mol. The lowest BCUT2D eigenvalue weighted by Crippen LogP contribution is -2.52. The molecule has 19 heavy (non-hydrogen) atoms. The summed E-state index contributed by atoms with van der Waals surface area (Å²) in [5, 5.41) is 11.7. The van der Waals surface area contributed by atoms with Crippen LogP contribution in [0.2, 0.25) is 0 Å². The Balaban J connectivity index is 1.98. The highest BCUT2D eigenvalue weighted by molar-refractivity contribution is 5.98. The molecule has 4 heteroatoms. The Labute approximate surface area is 114 Å². The summed E-state index contributed by atoms with van der Waals surface area (Å²) in [6.07, 6.45) is 5.39. The van der Waals surface area contributed by atoms with E-state index in [-0.39, 0.29) is 12.5 Å². The fourth-order valence-electron chi connectivity index (χ4n) is 2.55. The van der Waals surface area contributed by atoms with Gasteiger partial charge in [-0.3, -0.25) is 4.79 Å². The summed E-state index contributed by atoms with van der Waals surface area (Å²) in [6, 6.07) is 7.54. The van der Waals surface area contributed by atoms with E-state index in [4.69, 9.17) is 10.8 Å². The molecule has 1 aliphatic rings. The second-order valence-electron chi connectivity index (χ2n) is 5.34. The third-order valence-electron chi connectivity index (χ3n) is 3.81. The third-order valence-corrected chi connectivity index (χ3v) is 3.81. The van der Waals surface area contributed by atoms with Gasteiger partial charge in [-0.05, 0) is 37.0 Å². The Kier molecular flexibility index (Phi) is 4.56. The molecule has 1 aromatic carbocycles. The standard InChI is InChI=1S/C15H22N2O2/c16-15(9-2-1-3-10-15)14(19)17-13-6-4-12(5-7-13)8-11-18/h4-7,18H,1-3,8-11,16H2,(H,17,19). The summed E-state index contributed by atoms with van der Waals surface area (Å²) < 4.78 is 0. The van der Waals surface area contributed by atoms with Gasteiger partial charge in [-0.15, -0.1) is 0 Å². The fraction of sp³-hybridized carbons (Fsp3) is 0.533. The van der Waals surface area contributed by atoms with Crippen LogP contribution in [-0.2, 0) is 11.2 Å². The molecule has 1 amide bonds. The molecule has 0 spiro atoms. The second-order valence-corrected chi connectivity index (χ2v) is 5.34. The van der Waals surface area contributed by atoms with Gasteiger partial charge in [0, 0.05) is 12.3 Å². The first-order chi connectivity index (χ1) is 9.14. The molecule has 0 bridgehead atoms. The number of nitrogens with one attached hydrogen (secondary N) is 1. The number of aliphatic hydroxyl groups is 1. The van der Waals surface area contributed by atoms with Crippen molar-refractivity contribution >= 4 is 11.6 Å². The van der Waals surface area contributed by atoms with Gasteiger partial charge in [-0.2, -0.15) is 0 Å². The van der Waals surface area contributed by atoms with Gasteiger partial charge in [-0.1, -0.05) is 31.4 Å². The number of aliphatic hydroxyl groups excluding tert-OH is 1. The van der Waals surface area contributed by atoms with Gasteiger partial charge < -0.3 is 16.2 Å². The molecule has 1 aliphatic carbocycles. The predicted molar refractivity (Wildman–Crippen MR) is 75.9 cm³/mol. The van der Waals surface area contributed by atoms with Gasteiger partial charge in [0.2, 0.25) is 5.91 Å². The van der Waals surface area contributed by atoms with Gasteiger partial charge in [0.25, 0.3) is 0 Å². The zero-order valence-corrected chi connectivity index (χ0v) is 11.2. The van der Waals surface area contributed by atoms with Crippen LogP contribution in [0.5, 0.6) is 0 Å². The van der Waals surface area contributed by atoms with E-state index in [0.717, 1.165) is 36.9 Å². The SMILES string of the molecule is NC1(C(=O)Nc2ccc(CCO)cc2)CCCCC1. The van der Waals surface area contributed by atoms with E-state index >= 15 is 0 Å². The van der Waals surface area contributed by atoms with Crippen molar-refractivity contribution in [3.8, 4) is 0 Å². The lowest BCUT2D eigenvalue weighted by atomic mass is 9.82. The lowest BCUT2D eigenvalue weighted by molar-refractivity contribution is -0.122. The summed E-state index contributed by atoms with van der Waals surface area (Å²) >= 11 is 0. The molecule has 1 fully saturated rings. The Bertz CT molecular complexity index is 422. The summed E-state index contributed by atoms with van der Waals surface area (Å²) in [4.78, 5) is 12.2. The van der Waals surface area contributed by atoms with Crippen molar-refractivity contribution in [1.82, 2.24) is 0 Å². The van der Waals surface area contributed by atoms with E-state index in [1.165, 1.54) is 6.42 Å². The molecule has 1 aromatic rings. The lowest BCUT2D eigenvalue weighted by Gasteiger charge is -2.31. The van der Waals surface area contributed by atoms with Crippen LogP contribution in [0.3, 0.4) is 0 Å². The van der Waals surface area contributed by atoms with E-state index in [0.29, 0.717) is 6.42 Å². The van der Waals surface area contributed by atoms with Crippen LogP contribution in [0.25, 0.3) is 0 Å². The monoisotopic (exact) mass is 262 g/mol. The van der Waals surface area contributed by atoms with Crippen LogP contribution in [0.15, 0.2) is 24.3 Å². The van der Waals surface area contributed by atoms with Crippen LogP contribution < -0.4 is 11.1 Å². The van der Waals surface area contributed by atoms with Gasteiger partial charge >= 0.3 is 0 Å². The molecule has 104 valence electrons. The van der Waals surface area contributed by atoms with Crippen molar-refractivity contribution in [2.24, 2.45) is 5.73 Å². The topological polar surface area (TPSA) is 75.4 Å². The molecule has 4 N–H and O–H groups in total. The molecule has 4 nitrogen and oxygen atoms in total. The molecule has 0 aromatic heterocycles. The summed E-state index contributed by atoms with van der Waals surface area (Å²) in [5.74, 6) is -0.0814. The van der Waals surface area contributed by atoms with Crippen molar-refractivity contribution in [2.75, 3.05) is 11.9 Å². The van der Waals surface area contributed by atoms with Gasteiger partial charge in [0.15, 0.2) is 0 Å². The Morgan fingerprint density at radius 2 is 1.84 bits per heavy atom. The van der Waals surface area contributed by atoms with Gasteiger partial charge in [0.05, 0.1) is 5.54 Å². The molecular weight excluding hydrogens is 240 g/mol. The highest BCUT2D eigenvalue weighted by atomic mass is 16.2. The van der Waals surface area contributed by atoms with Gasteiger partial charge in [0.1, 0.15) is 0 Å². The number of anilines is 1. The summed E-state index contributed by atoms with van der Waals surface area (Å²) in [5.41, 5.74) is 7.30. The smallest absolute Gasteiger partial charge is 0.244 e. The Hall–Kier alpha value is -1.39. The molecule has 0 heterocycles. The minimum Gasteiger partial charge on any atom is -0.396 e. The molecule has 0 unspecified atom stereocenters. The molecule has 2 rings (SSSR count). The minimum absolute atomic E-state index is 0.0814. The van der Waals surface area contributed by atoms with E-state index < -0.39 is 5.54 Å². The zero-order chi connectivity index (χ0) is 13.7. The van der Waals surface area contributed by atoms with Crippen LogP contribution in [0, 0.1) is 0 Å². The first kappa shape index (κ1) is 14.0. The van der Waals surface area contributed by atoms with Crippen LogP contribution in [-0.4, -0.2) is 23.2 Å². The fourth-order valence-corrected chi connectivity index (χ4v) is 2.55. The zero-order valence-electron chi connectivity index (χ0n) is 11.2. The molecule has 0 radical (unpaired) electrons. The van der Waals surface area contributed by atoms with Crippen molar-refractivity contribution in [3.05, 3.63) is 29.8 Å². The predicted octanol–water partition coefficient (Wildman–Crippen LogP) is 1.82. The van der Waals surface area contributed by atoms with Crippen molar-refractivity contribution in [2.45, 2.75) is 44.1 Å². The maximum Gasteiger partial charge on any atom is 0.244 e. The highest BCUT2D eigenvalue weighted by Gasteiger charge is 2.35. The second kappa shape index (κ2) is 6.17. The average Bonchev–Trinajstić information content (AvgIpc) is 2.42. The van der Waals surface area contributed by atoms with Crippen molar-refractivity contribution in [1.29, 1.82) is 0 Å². The molecule has 0 aliphatic heterocycles. The minimum atomic E-state index is -0.706. The van der Waals surface area contributed by atoms with Crippen molar-refractivity contribution < 1.29 is 9.90 Å². The number of hydrogen-bond donors (Lipinski definition) is 3. The number of rotatable bonds is 4. The maximum absolute atomic E-state index is 12.2. The normalized spacial score (nSPS) is 18.0. The Morgan fingerprint density at radius 3 is 2.42 bits per heavy atom. The number of amides is 1. The number of benzene rings is 1. The van der Waals surface area contributed by atoms with Crippen molar-refractivity contribution in [3.63, 3.8) is 0 Å². The molecule has 1 saturated carbocycles. The van der Waals surface area contributed by atoms with Crippen LogP contribution in [0.4, 0.5) is 5.69 Å². The molecular formula is C15H22N2O2. The summed E-state index contributed by atoms with van der Waals surface area (Å²) in [6.45, 7) is 0.137.